The third kappa shape index (κ3) is 4.94. The van der Waals surface area contributed by atoms with Crippen LogP contribution in [0, 0.1) is 5.92 Å². The Morgan fingerprint density at radius 2 is 1.45 bits per heavy atom. The van der Waals surface area contributed by atoms with Crippen LogP contribution in [0.4, 0.5) is 0 Å². The SMILES string of the molecule is CN1CCC(N2CCN(CCCC3CCCCC3)CC2)CC1. The van der Waals surface area contributed by atoms with Crippen molar-refractivity contribution in [3.63, 3.8) is 0 Å². The Morgan fingerprint density at radius 3 is 2.14 bits per heavy atom. The Balaban J connectivity index is 1.28. The van der Waals surface area contributed by atoms with Gasteiger partial charge in [-0.25, -0.2) is 0 Å². The van der Waals surface area contributed by atoms with Gasteiger partial charge in [0.2, 0.25) is 0 Å². The van der Waals surface area contributed by atoms with E-state index in [0.717, 1.165) is 12.0 Å². The highest BCUT2D eigenvalue weighted by molar-refractivity contribution is 4.82. The fourth-order valence-electron chi connectivity index (χ4n) is 4.79. The molecule has 2 heterocycles. The molecule has 3 nitrogen and oxygen atoms in total. The molecule has 0 aromatic heterocycles. The zero-order valence-corrected chi connectivity index (χ0v) is 14.8. The van der Waals surface area contributed by atoms with Gasteiger partial charge in [0.25, 0.3) is 0 Å². The third-order valence-electron chi connectivity index (χ3n) is 6.42. The lowest BCUT2D eigenvalue weighted by Crippen LogP contribution is -2.52. The van der Waals surface area contributed by atoms with Crippen LogP contribution >= 0.6 is 0 Å². The lowest BCUT2D eigenvalue weighted by molar-refractivity contribution is 0.0634. The number of hydrogen-bond donors (Lipinski definition) is 0. The molecule has 2 aliphatic heterocycles. The molecule has 1 aliphatic carbocycles. The van der Waals surface area contributed by atoms with E-state index in [4.69, 9.17) is 0 Å². The van der Waals surface area contributed by atoms with Crippen LogP contribution in [0.2, 0.25) is 0 Å². The monoisotopic (exact) mass is 307 g/mol. The minimum absolute atomic E-state index is 0.876. The van der Waals surface area contributed by atoms with Gasteiger partial charge >= 0.3 is 0 Å². The van der Waals surface area contributed by atoms with Gasteiger partial charge in [-0.15, -0.1) is 0 Å². The molecular formula is C19H37N3. The van der Waals surface area contributed by atoms with Crippen molar-refractivity contribution in [3.8, 4) is 0 Å². The van der Waals surface area contributed by atoms with Crippen molar-refractivity contribution in [2.75, 3.05) is 52.9 Å². The van der Waals surface area contributed by atoms with E-state index in [1.165, 1.54) is 104 Å². The highest BCUT2D eigenvalue weighted by Crippen LogP contribution is 2.27. The summed E-state index contributed by atoms with van der Waals surface area (Å²) in [5, 5.41) is 0. The molecule has 128 valence electrons. The number of piperidine rings is 1. The van der Waals surface area contributed by atoms with E-state index >= 15 is 0 Å². The van der Waals surface area contributed by atoms with Crippen LogP contribution in [-0.4, -0.2) is 73.6 Å². The minimum atomic E-state index is 0.876. The molecule has 3 fully saturated rings. The summed E-state index contributed by atoms with van der Waals surface area (Å²) in [5.74, 6) is 1.06. The summed E-state index contributed by atoms with van der Waals surface area (Å²) in [6.45, 7) is 9.22. The van der Waals surface area contributed by atoms with Gasteiger partial charge in [-0.3, -0.25) is 4.90 Å². The van der Waals surface area contributed by atoms with Gasteiger partial charge in [0.15, 0.2) is 0 Å². The Kier molecular flexibility index (Phi) is 6.58. The fourth-order valence-corrected chi connectivity index (χ4v) is 4.79. The van der Waals surface area contributed by atoms with Crippen molar-refractivity contribution >= 4 is 0 Å². The third-order valence-corrected chi connectivity index (χ3v) is 6.42. The van der Waals surface area contributed by atoms with Crippen LogP contribution in [0.1, 0.15) is 57.8 Å². The molecule has 0 unspecified atom stereocenters. The van der Waals surface area contributed by atoms with Crippen LogP contribution < -0.4 is 0 Å². The van der Waals surface area contributed by atoms with E-state index in [1.54, 1.807) is 0 Å². The number of likely N-dealkylation sites (tertiary alicyclic amines) is 1. The van der Waals surface area contributed by atoms with E-state index < -0.39 is 0 Å². The molecule has 0 N–H and O–H groups in total. The summed E-state index contributed by atoms with van der Waals surface area (Å²) in [5.41, 5.74) is 0. The highest BCUT2D eigenvalue weighted by Gasteiger charge is 2.26. The maximum absolute atomic E-state index is 2.78. The van der Waals surface area contributed by atoms with E-state index in [9.17, 15) is 0 Å². The van der Waals surface area contributed by atoms with Crippen molar-refractivity contribution in [3.05, 3.63) is 0 Å². The lowest BCUT2D eigenvalue weighted by Gasteiger charge is -2.42. The Bertz CT molecular complexity index is 298. The molecule has 3 heteroatoms. The van der Waals surface area contributed by atoms with Gasteiger partial charge in [-0.2, -0.15) is 0 Å². The first-order valence-corrected chi connectivity index (χ1v) is 9.96. The normalized spacial score (nSPS) is 28.2. The lowest BCUT2D eigenvalue weighted by atomic mass is 9.86. The Morgan fingerprint density at radius 1 is 0.773 bits per heavy atom. The maximum Gasteiger partial charge on any atom is 0.0121 e. The van der Waals surface area contributed by atoms with Gasteiger partial charge in [0, 0.05) is 32.2 Å². The summed E-state index contributed by atoms with van der Waals surface area (Å²) in [4.78, 5) is 8.00. The van der Waals surface area contributed by atoms with Gasteiger partial charge in [0.05, 0.1) is 0 Å². The predicted octanol–water partition coefficient (Wildman–Crippen LogP) is 3.06. The van der Waals surface area contributed by atoms with Crippen molar-refractivity contribution < 1.29 is 0 Å². The Hall–Kier alpha value is -0.120. The van der Waals surface area contributed by atoms with E-state index in [0.29, 0.717) is 0 Å². The maximum atomic E-state index is 2.78. The summed E-state index contributed by atoms with van der Waals surface area (Å²) < 4.78 is 0. The molecular weight excluding hydrogens is 270 g/mol. The average Bonchev–Trinajstić information content (AvgIpc) is 2.57. The molecule has 0 radical (unpaired) electrons. The van der Waals surface area contributed by atoms with Crippen LogP contribution in [0.3, 0.4) is 0 Å². The second-order valence-corrected chi connectivity index (χ2v) is 8.06. The van der Waals surface area contributed by atoms with Crippen LogP contribution in [-0.2, 0) is 0 Å². The van der Waals surface area contributed by atoms with Crippen molar-refractivity contribution in [2.24, 2.45) is 5.92 Å². The average molecular weight is 308 g/mol. The van der Waals surface area contributed by atoms with Crippen LogP contribution in [0.15, 0.2) is 0 Å². The molecule has 3 aliphatic rings. The van der Waals surface area contributed by atoms with Crippen LogP contribution in [0.25, 0.3) is 0 Å². The first-order valence-electron chi connectivity index (χ1n) is 9.96. The second kappa shape index (κ2) is 8.65. The zero-order valence-electron chi connectivity index (χ0n) is 14.8. The first kappa shape index (κ1) is 16.7. The molecule has 3 rings (SSSR count). The largest absolute Gasteiger partial charge is 0.306 e. The van der Waals surface area contributed by atoms with Crippen molar-refractivity contribution in [1.29, 1.82) is 0 Å². The summed E-state index contributed by atoms with van der Waals surface area (Å²) >= 11 is 0. The van der Waals surface area contributed by atoms with Gasteiger partial charge in [-0.05, 0) is 58.3 Å². The number of hydrogen-bond acceptors (Lipinski definition) is 3. The molecule has 0 atom stereocenters. The van der Waals surface area contributed by atoms with Gasteiger partial charge in [0.1, 0.15) is 0 Å². The standard InChI is InChI=1S/C19H37N3/c1-20-12-9-19(10-13-20)22-16-14-21(15-17-22)11-5-8-18-6-3-2-4-7-18/h18-19H,2-17H2,1H3. The Labute approximate surface area is 138 Å². The summed E-state index contributed by atoms with van der Waals surface area (Å²) in [6, 6.07) is 0.876. The summed E-state index contributed by atoms with van der Waals surface area (Å²) in [6.07, 6.45) is 13.2. The number of nitrogens with zero attached hydrogens (tertiary/aromatic N) is 3. The smallest absolute Gasteiger partial charge is 0.0121 e. The molecule has 0 spiro atoms. The minimum Gasteiger partial charge on any atom is -0.306 e. The molecule has 0 aromatic carbocycles. The fraction of sp³-hybridized carbons (Fsp3) is 1.00. The van der Waals surface area contributed by atoms with Crippen LogP contribution in [0.5, 0.6) is 0 Å². The van der Waals surface area contributed by atoms with Gasteiger partial charge < -0.3 is 9.80 Å². The van der Waals surface area contributed by atoms with Crippen molar-refractivity contribution in [2.45, 2.75) is 63.8 Å². The van der Waals surface area contributed by atoms with E-state index in [1.807, 2.05) is 0 Å². The number of piperazine rings is 1. The topological polar surface area (TPSA) is 9.72 Å². The quantitative estimate of drug-likeness (QED) is 0.773. The molecule has 0 amide bonds. The zero-order chi connectivity index (χ0) is 15.2. The second-order valence-electron chi connectivity index (χ2n) is 8.06. The van der Waals surface area contributed by atoms with Crippen molar-refractivity contribution in [1.82, 2.24) is 14.7 Å². The first-order chi connectivity index (χ1) is 10.8. The molecule has 2 saturated heterocycles. The van der Waals surface area contributed by atoms with E-state index in [-0.39, 0.29) is 0 Å². The molecule has 0 bridgehead atoms. The highest BCUT2D eigenvalue weighted by atomic mass is 15.3. The molecule has 22 heavy (non-hydrogen) atoms. The molecule has 0 aromatic rings. The molecule has 1 saturated carbocycles. The predicted molar refractivity (Wildman–Crippen MR) is 94.3 cm³/mol. The summed E-state index contributed by atoms with van der Waals surface area (Å²) in [7, 11) is 2.26. The van der Waals surface area contributed by atoms with E-state index in [2.05, 4.69) is 21.7 Å². The number of rotatable bonds is 5. The van der Waals surface area contributed by atoms with Gasteiger partial charge in [-0.1, -0.05) is 32.1 Å².